The van der Waals surface area contributed by atoms with Gasteiger partial charge in [0, 0.05) is 19.8 Å². The maximum atomic E-state index is 13.7. The van der Waals surface area contributed by atoms with Gasteiger partial charge in [0.25, 0.3) is 0 Å². The highest BCUT2D eigenvalue weighted by atomic mass is 19.1. The van der Waals surface area contributed by atoms with E-state index in [1.807, 2.05) is 0 Å². The molecule has 0 aliphatic heterocycles. The highest BCUT2D eigenvalue weighted by molar-refractivity contribution is 5.90. The van der Waals surface area contributed by atoms with Gasteiger partial charge in [-0.15, -0.1) is 0 Å². The first-order chi connectivity index (χ1) is 11.7. The molecule has 4 N–H and O–H groups in total. The van der Waals surface area contributed by atoms with Crippen molar-refractivity contribution >= 4 is 23.8 Å². The van der Waals surface area contributed by atoms with Crippen molar-refractivity contribution in [2.75, 3.05) is 0 Å². The minimum atomic E-state index is -1.43. The maximum Gasteiger partial charge on any atom is 0.326 e. The molecule has 0 saturated carbocycles. The Morgan fingerprint density at radius 1 is 1.08 bits per heavy atom. The summed E-state index contributed by atoms with van der Waals surface area (Å²) < 4.78 is 13.7. The molecule has 0 aliphatic rings. The summed E-state index contributed by atoms with van der Waals surface area (Å²) >= 11 is 0. The predicted octanol–water partition coefficient (Wildman–Crippen LogP) is 0.307. The molecule has 25 heavy (non-hydrogen) atoms. The zero-order valence-corrected chi connectivity index (χ0v) is 13.5. The maximum absolute atomic E-state index is 13.7. The molecule has 8 nitrogen and oxygen atoms in total. The number of carboxylic acid groups (broad SMARTS) is 2. The zero-order valence-electron chi connectivity index (χ0n) is 13.5. The van der Waals surface area contributed by atoms with Gasteiger partial charge in [-0.3, -0.25) is 14.4 Å². The summed E-state index contributed by atoms with van der Waals surface area (Å²) in [5.41, 5.74) is 0.175. The van der Waals surface area contributed by atoms with E-state index in [1.165, 1.54) is 25.1 Å². The van der Waals surface area contributed by atoms with Gasteiger partial charge in [0.2, 0.25) is 11.8 Å². The predicted molar refractivity (Wildman–Crippen MR) is 84.1 cm³/mol. The van der Waals surface area contributed by atoms with Crippen LogP contribution in [0.1, 0.15) is 25.3 Å². The van der Waals surface area contributed by atoms with Crippen LogP contribution in [0.3, 0.4) is 0 Å². The van der Waals surface area contributed by atoms with Crippen LogP contribution in [0.4, 0.5) is 4.39 Å². The zero-order chi connectivity index (χ0) is 19.0. The van der Waals surface area contributed by atoms with Gasteiger partial charge in [0.05, 0.1) is 0 Å². The average Bonchev–Trinajstić information content (AvgIpc) is 2.51. The summed E-state index contributed by atoms with van der Waals surface area (Å²) in [6, 6.07) is 3.05. The Hall–Kier alpha value is -2.97. The second-order valence-corrected chi connectivity index (χ2v) is 5.38. The van der Waals surface area contributed by atoms with E-state index < -0.39 is 48.1 Å². The molecule has 1 aromatic rings. The standard InChI is InChI=1S/C16H19FN2O6/c1-9(20)18-13(8-10-4-2-3-5-11(10)17)15(23)19-12(16(24)25)6-7-14(21)22/h2-5,12-13H,6-8H2,1H3,(H,18,20)(H,19,23)(H,21,22)(H,24,25)/t12-,13-/m1/s1. The van der Waals surface area contributed by atoms with Crippen LogP contribution in [-0.4, -0.2) is 46.0 Å². The number of aliphatic carboxylic acids is 2. The third kappa shape index (κ3) is 6.98. The van der Waals surface area contributed by atoms with Crippen LogP contribution in [0.2, 0.25) is 0 Å². The molecule has 0 bridgehead atoms. The number of carboxylic acids is 2. The Morgan fingerprint density at radius 2 is 1.72 bits per heavy atom. The van der Waals surface area contributed by atoms with Gasteiger partial charge in [-0.25, -0.2) is 9.18 Å². The van der Waals surface area contributed by atoms with Crippen molar-refractivity contribution in [1.82, 2.24) is 10.6 Å². The number of amides is 2. The molecule has 0 unspecified atom stereocenters. The van der Waals surface area contributed by atoms with E-state index in [4.69, 9.17) is 10.2 Å². The summed E-state index contributed by atoms with van der Waals surface area (Å²) in [7, 11) is 0. The minimum Gasteiger partial charge on any atom is -0.481 e. The van der Waals surface area contributed by atoms with Crippen molar-refractivity contribution in [3.8, 4) is 0 Å². The van der Waals surface area contributed by atoms with E-state index in [9.17, 15) is 23.6 Å². The Kier molecular flexibility index (Phi) is 7.51. The first kappa shape index (κ1) is 20.1. The molecule has 0 aromatic heterocycles. The Bertz CT molecular complexity index is 664. The monoisotopic (exact) mass is 354 g/mol. The number of hydrogen-bond acceptors (Lipinski definition) is 4. The molecule has 0 aliphatic carbocycles. The molecule has 136 valence electrons. The van der Waals surface area contributed by atoms with E-state index >= 15 is 0 Å². The summed E-state index contributed by atoms with van der Waals surface area (Å²) in [6.45, 7) is 1.17. The molecule has 1 rings (SSSR count). The molecule has 0 radical (unpaired) electrons. The van der Waals surface area contributed by atoms with Crippen LogP contribution in [0, 0.1) is 5.82 Å². The number of halogens is 1. The van der Waals surface area contributed by atoms with Gasteiger partial charge in [0.1, 0.15) is 17.9 Å². The van der Waals surface area contributed by atoms with Crippen LogP contribution >= 0.6 is 0 Å². The quantitative estimate of drug-likeness (QED) is 0.504. The van der Waals surface area contributed by atoms with Crippen molar-refractivity contribution in [3.63, 3.8) is 0 Å². The van der Waals surface area contributed by atoms with Gasteiger partial charge >= 0.3 is 11.9 Å². The van der Waals surface area contributed by atoms with Gasteiger partial charge in [0.15, 0.2) is 0 Å². The normalized spacial score (nSPS) is 12.7. The fourth-order valence-corrected chi connectivity index (χ4v) is 2.14. The van der Waals surface area contributed by atoms with Crippen molar-refractivity contribution in [3.05, 3.63) is 35.6 Å². The second kappa shape index (κ2) is 9.36. The van der Waals surface area contributed by atoms with E-state index in [1.54, 1.807) is 6.07 Å². The smallest absolute Gasteiger partial charge is 0.326 e. The first-order valence-electron chi connectivity index (χ1n) is 7.46. The van der Waals surface area contributed by atoms with Crippen molar-refractivity contribution < 1.29 is 33.8 Å². The summed E-state index contributed by atoms with van der Waals surface area (Å²) in [5, 5.41) is 22.2. The lowest BCUT2D eigenvalue weighted by atomic mass is 10.0. The fourth-order valence-electron chi connectivity index (χ4n) is 2.14. The second-order valence-electron chi connectivity index (χ2n) is 5.38. The number of hydrogen-bond donors (Lipinski definition) is 4. The summed E-state index contributed by atoms with van der Waals surface area (Å²) in [6.07, 6.45) is -0.943. The fraction of sp³-hybridized carbons (Fsp3) is 0.375. The Balaban J connectivity index is 2.87. The molecule has 0 spiro atoms. The summed E-state index contributed by atoms with van der Waals surface area (Å²) in [4.78, 5) is 45.3. The Morgan fingerprint density at radius 3 is 2.24 bits per heavy atom. The lowest BCUT2D eigenvalue weighted by molar-refractivity contribution is -0.143. The van der Waals surface area contributed by atoms with Gasteiger partial charge in [-0.05, 0) is 18.1 Å². The molecule has 0 fully saturated rings. The van der Waals surface area contributed by atoms with Crippen molar-refractivity contribution in [2.24, 2.45) is 0 Å². The largest absolute Gasteiger partial charge is 0.481 e. The van der Waals surface area contributed by atoms with Crippen LogP contribution in [-0.2, 0) is 25.6 Å². The van der Waals surface area contributed by atoms with E-state index in [-0.39, 0.29) is 18.4 Å². The summed E-state index contributed by atoms with van der Waals surface area (Å²) in [5.74, 6) is -4.55. The number of rotatable bonds is 9. The SMILES string of the molecule is CC(=O)N[C@H](Cc1ccccc1F)C(=O)N[C@H](CCC(=O)O)C(=O)O. The molecule has 0 heterocycles. The third-order valence-electron chi connectivity index (χ3n) is 3.34. The van der Waals surface area contributed by atoms with Crippen LogP contribution in [0.15, 0.2) is 24.3 Å². The van der Waals surface area contributed by atoms with Gasteiger partial charge < -0.3 is 20.8 Å². The highest BCUT2D eigenvalue weighted by Gasteiger charge is 2.27. The first-order valence-corrected chi connectivity index (χ1v) is 7.46. The number of nitrogens with one attached hydrogen (secondary N) is 2. The lowest BCUT2D eigenvalue weighted by Crippen LogP contribution is -2.52. The molecule has 0 saturated heterocycles. The third-order valence-corrected chi connectivity index (χ3v) is 3.34. The Labute approximate surface area is 143 Å². The van der Waals surface area contributed by atoms with E-state index in [0.717, 1.165) is 0 Å². The number of benzene rings is 1. The van der Waals surface area contributed by atoms with Crippen LogP contribution < -0.4 is 10.6 Å². The van der Waals surface area contributed by atoms with E-state index in [0.29, 0.717) is 0 Å². The van der Waals surface area contributed by atoms with E-state index in [2.05, 4.69) is 10.6 Å². The topological polar surface area (TPSA) is 133 Å². The molecule has 9 heteroatoms. The van der Waals surface area contributed by atoms with Crippen molar-refractivity contribution in [1.29, 1.82) is 0 Å². The highest BCUT2D eigenvalue weighted by Crippen LogP contribution is 2.10. The van der Waals surface area contributed by atoms with Crippen LogP contribution in [0.25, 0.3) is 0 Å². The molecule has 2 atom stereocenters. The van der Waals surface area contributed by atoms with Gasteiger partial charge in [-0.2, -0.15) is 0 Å². The molecule has 1 aromatic carbocycles. The average molecular weight is 354 g/mol. The van der Waals surface area contributed by atoms with Crippen LogP contribution in [0.5, 0.6) is 0 Å². The van der Waals surface area contributed by atoms with Crippen molar-refractivity contribution in [2.45, 2.75) is 38.3 Å². The molecular weight excluding hydrogens is 335 g/mol. The minimum absolute atomic E-state index is 0.175. The van der Waals surface area contributed by atoms with Gasteiger partial charge in [-0.1, -0.05) is 18.2 Å². The number of carbonyl (C=O) groups excluding carboxylic acids is 2. The molecule has 2 amide bonds. The lowest BCUT2D eigenvalue weighted by Gasteiger charge is -2.21. The molecular formula is C16H19FN2O6. The number of carbonyl (C=O) groups is 4.